The van der Waals surface area contributed by atoms with Crippen LogP contribution in [0.1, 0.15) is 21.6 Å². The number of rotatable bonds is 5. The molecule has 2 aromatic rings. The highest BCUT2D eigenvalue weighted by Gasteiger charge is 2.10. The predicted octanol–water partition coefficient (Wildman–Crippen LogP) is 1.93. The number of nitrogens with one attached hydrogen (secondary N) is 1. The molecule has 1 heterocycles. The molecule has 0 aliphatic rings. The standard InChI is InChI=1S/C19H27N5O/c1-20-19(24(5)14-17-7-6-12-23(17)4)21-13-15-8-10-16(11-9-15)18(25)22(2)3/h6-12H,13-14H2,1-5H3,(H,20,21). The van der Waals surface area contributed by atoms with Crippen molar-refractivity contribution in [2.75, 3.05) is 28.2 Å². The Kier molecular flexibility index (Phi) is 6.22. The number of benzene rings is 1. The zero-order chi connectivity index (χ0) is 18.4. The molecular formula is C19H27N5O. The largest absolute Gasteiger partial charge is 0.353 e. The Morgan fingerprint density at radius 1 is 1.16 bits per heavy atom. The third-order valence-electron chi connectivity index (χ3n) is 4.08. The van der Waals surface area contributed by atoms with Gasteiger partial charge in [0.1, 0.15) is 0 Å². The Morgan fingerprint density at radius 2 is 1.84 bits per heavy atom. The fourth-order valence-electron chi connectivity index (χ4n) is 2.57. The summed E-state index contributed by atoms with van der Waals surface area (Å²) >= 11 is 0. The van der Waals surface area contributed by atoms with E-state index in [0.717, 1.165) is 18.1 Å². The number of hydrogen-bond donors (Lipinski definition) is 1. The quantitative estimate of drug-likeness (QED) is 0.668. The van der Waals surface area contributed by atoms with Gasteiger partial charge in [0.15, 0.2) is 5.96 Å². The summed E-state index contributed by atoms with van der Waals surface area (Å²) in [7, 11) is 9.34. The van der Waals surface area contributed by atoms with Gasteiger partial charge in [0.05, 0.1) is 6.54 Å². The summed E-state index contributed by atoms with van der Waals surface area (Å²) < 4.78 is 2.10. The maximum Gasteiger partial charge on any atom is 0.253 e. The molecule has 25 heavy (non-hydrogen) atoms. The van der Waals surface area contributed by atoms with Gasteiger partial charge in [0.2, 0.25) is 0 Å². The number of aryl methyl sites for hydroxylation is 1. The maximum absolute atomic E-state index is 11.9. The van der Waals surface area contributed by atoms with E-state index < -0.39 is 0 Å². The number of carbonyl (C=O) groups is 1. The number of aliphatic imine (C=N–C) groups is 1. The normalized spacial score (nSPS) is 11.3. The molecule has 0 atom stereocenters. The first-order valence-electron chi connectivity index (χ1n) is 8.25. The van der Waals surface area contributed by atoms with E-state index in [0.29, 0.717) is 12.1 Å². The van der Waals surface area contributed by atoms with Crippen LogP contribution in [0.5, 0.6) is 0 Å². The summed E-state index contributed by atoms with van der Waals surface area (Å²) in [5.41, 5.74) is 3.01. The Hall–Kier alpha value is -2.76. The molecule has 1 aromatic heterocycles. The first-order chi connectivity index (χ1) is 11.9. The van der Waals surface area contributed by atoms with Crippen LogP contribution < -0.4 is 5.32 Å². The van der Waals surface area contributed by atoms with Crippen LogP contribution in [0.2, 0.25) is 0 Å². The molecule has 0 saturated heterocycles. The molecule has 2 rings (SSSR count). The SMILES string of the molecule is CN=C(NCc1ccc(C(=O)N(C)C)cc1)N(C)Cc1cccn1C. The fraction of sp³-hybridized carbons (Fsp3) is 0.368. The highest BCUT2D eigenvalue weighted by atomic mass is 16.2. The number of amides is 1. The van der Waals surface area contributed by atoms with E-state index in [1.54, 1.807) is 26.0 Å². The van der Waals surface area contributed by atoms with E-state index in [1.807, 2.05) is 50.6 Å². The van der Waals surface area contributed by atoms with Gasteiger partial charge in [-0.3, -0.25) is 9.79 Å². The summed E-state index contributed by atoms with van der Waals surface area (Å²) in [6.45, 7) is 1.43. The number of carbonyl (C=O) groups excluding carboxylic acids is 1. The van der Waals surface area contributed by atoms with Gasteiger partial charge in [-0.05, 0) is 29.8 Å². The number of nitrogens with zero attached hydrogens (tertiary/aromatic N) is 4. The second-order valence-electron chi connectivity index (χ2n) is 6.26. The molecular weight excluding hydrogens is 314 g/mol. The third-order valence-corrected chi connectivity index (χ3v) is 4.08. The lowest BCUT2D eigenvalue weighted by Gasteiger charge is -2.22. The summed E-state index contributed by atoms with van der Waals surface area (Å²) in [5, 5.41) is 3.36. The molecule has 134 valence electrons. The first kappa shape index (κ1) is 18.6. The molecule has 0 fully saturated rings. The fourth-order valence-corrected chi connectivity index (χ4v) is 2.57. The minimum absolute atomic E-state index is 0.0117. The first-order valence-corrected chi connectivity index (χ1v) is 8.25. The van der Waals surface area contributed by atoms with E-state index in [9.17, 15) is 4.79 Å². The maximum atomic E-state index is 11.9. The molecule has 0 unspecified atom stereocenters. The van der Waals surface area contributed by atoms with Gasteiger partial charge in [0.25, 0.3) is 5.91 Å². The molecule has 0 saturated carbocycles. The number of guanidine groups is 1. The van der Waals surface area contributed by atoms with Crippen LogP contribution in [0.4, 0.5) is 0 Å². The van der Waals surface area contributed by atoms with Gasteiger partial charge >= 0.3 is 0 Å². The van der Waals surface area contributed by atoms with Crippen molar-refractivity contribution in [3.63, 3.8) is 0 Å². The second-order valence-corrected chi connectivity index (χ2v) is 6.26. The van der Waals surface area contributed by atoms with Gasteiger partial charge in [-0.25, -0.2) is 0 Å². The molecule has 1 amide bonds. The van der Waals surface area contributed by atoms with Gasteiger partial charge in [0, 0.05) is 59.2 Å². The van der Waals surface area contributed by atoms with Gasteiger partial charge in [-0.2, -0.15) is 0 Å². The average Bonchev–Trinajstić information content (AvgIpc) is 3.00. The van der Waals surface area contributed by atoms with Crippen LogP contribution >= 0.6 is 0 Å². The van der Waals surface area contributed by atoms with Gasteiger partial charge < -0.3 is 19.7 Å². The monoisotopic (exact) mass is 341 g/mol. The van der Waals surface area contributed by atoms with E-state index in [-0.39, 0.29) is 5.91 Å². The topological polar surface area (TPSA) is 52.9 Å². The molecule has 1 N–H and O–H groups in total. The number of aromatic nitrogens is 1. The smallest absolute Gasteiger partial charge is 0.253 e. The molecule has 0 radical (unpaired) electrons. The van der Waals surface area contributed by atoms with Crippen LogP contribution in [0.15, 0.2) is 47.6 Å². The van der Waals surface area contributed by atoms with Crippen molar-refractivity contribution in [1.82, 2.24) is 19.7 Å². The highest BCUT2D eigenvalue weighted by molar-refractivity contribution is 5.93. The lowest BCUT2D eigenvalue weighted by molar-refractivity contribution is 0.0827. The van der Waals surface area contributed by atoms with Crippen LogP contribution in [-0.2, 0) is 20.1 Å². The lowest BCUT2D eigenvalue weighted by atomic mass is 10.1. The predicted molar refractivity (Wildman–Crippen MR) is 102 cm³/mol. The van der Waals surface area contributed by atoms with Crippen molar-refractivity contribution in [2.24, 2.45) is 12.0 Å². The van der Waals surface area contributed by atoms with Crippen LogP contribution in [0, 0.1) is 0 Å². The molecule has 6 nitrogen and oxygen atoms in total. The Labute approximate surface area is 149 Å². The minimum atomic E-state index is 0.0117. The lowest BCUT2D eigenvalue weighted by Crippen LogP contribution is -2.38. The van der Waals surface area contributed by atoms with E-state index >= 15 is 0 Å². The van der Waals surface area contributed by atoms with Crippen molar-refractivity contribution in [3.8, 4) is 0 Å². The van der Waals surface area contributed by atoms with Crippen molar-refractivity contribution >= 4 is 11.9 Å². The van der Waals surface area contributed by atoms with Gasteiger partial charge in [-0.1, -0.05) is 12.1 Å². The molecule has 0 spiro atoms. The van der Waals surface area contributed by atoms with Crippen LogP contribution in [-0.4, -0.2) is 54.4 Å². The van der Waals surface area contributed by atoms with E-state index in [2.05, 4.69) is 25.8 Å². The summed E-state index contributed by atoms with van der Waals surface area (Å²) in [6, 6.07) is 11.8. The summed E-state index contributed by atoms with van der Waals surface area (Å²) in [5.74, 6) is 0.840. The third kappa shape index (κ3) is 4.86. The van der Waals surface area contributed by atoms with Gasteiger partial charge in [-0.15, -0.1) is 0 Å². The molecule has 1 aromatic carbocycles. The van der Waals surface area contributed by atoms with Crippen molar-refractivity contribution < 1.29 is 4.79 Å². The van der Waals surface area contributed by atoms with Crippen molar-refractivity contribution in [3.05, 3.63) is 59.4 Å². The number of hydrogen-bond acceptors (Lipinski definition) is 2. The van der Waals surface area contributed by atoms with Crippen molar-refractivity contribution in [2.45, 2.75) is 13.1 Å². The zero-order valence-electron chi connectivity index (χ0n) is 15.7. The molecule has 0 bridgehead atoms. The van der Waals surface area contributed by atoms with Crippen LogP contribution in [0.25, 0.3) is 0 Å². The Bertz CT molecular complexity index is 731. The Morgan fingerprint density at radius 3 is 2.36 bits per heavy atom. The molecule has 6 heteroatoms. The Balaban J connectivity index is 1.94. The summed E-state index contributed by atoms with van der Waals surface area (Å²) in [6.07, 6.45) is 2.04. The molecule has 0 aliphatic heterocycles. The van der Waals surface area contributed by atoms with E-state index in [1.165, 1.54) is 5.69 Å². The molecule has 0 aliphatic carbocycles. The minimum Gasteiger partial charge on any atom is -0.353 e. The second kappa shape index (κ2) is 8.37. The highest BCUT2D eigenvalue weighted by Crippen LogP contribution is 2.07. The van der Waals surface area contributed by atoms with E-state index in [4.69, 9.17) is 0 Å². The average molecular weight is 341 g/mol. The zero-order valence-corrected chi connectivity index (χ0v) is 15.7. The summed E-state index contributed by atoms with van der Waals surface area (Å²) in [4.78, 5) is 19.9. The van der Waals surface area contributed by atoms with Crippen molar-refractivity contribution in [1.29, 1.82) is 0 Å². The van der Waals surface area contributed by atoms with Crippen LogP contribution in [0.3, 0.4) is 0 Å².